The highest BCUT2D eigenvalue weighted by molar-refractivity contribution is 9.10. The second-order valence-electron chi connectivity index (χ2n) is 5.26. The number of rotatable bonds is 2. The van der Waals surface area contributed by atoms with E-state index in [9.17, 15) is 0 Å². The Bertz CT molecular complexity index is 828. The van der Waals surface area contributed by atoms with E-state index in [1.165, 1.54) is 16.7 Å². The summed E-state index contributed by atoms with van der Waals surface area (Å²) in [6.07, 6.45) is 1.60. The number of hydrogen-bond donors (Lipinski definition) is 1. The zero-order valence-electron chi connectivity index (χ0n) is 12.2. The minimum absolute atomic E-state index is 0.832. The molecule has 0 spiro atoms. The third-order valence-corrected chi connectivity index (χ3v) is 4.54. The molecule has 3 rings (SSSR count). The summed E-state index contributed by atoms with van der Waals surface area (Å²) in [5.41, 5.74) is 5.66. The van der Waals surface area contributed by atoms with E-state index in [4.69, 9.17) is 0 Å². The maximum atomic E-state index is 4.39. The first-order valence-electron chi connectivity index (χ1n) is 6.80. The topological polar surface area (TPSA) is 37.8 Å². The molecule has 1 aromatic heterocycles. The highest BCUT2D eigenvalue weighted by atomic mass is 79.9. The normalized spacial score (nSPS) is 10.9. The van der Waals surface area contributed by atoms with E-state index >= 15 is 0 Å². The molecule has 0 saturated carbocycles. The Labute approximate surface area is 132 Å². The van der Waals surface area contributed by atoms with Gasteiger partial charge >= 0.3 is 0 Å². The molecule has 4 heteroatoms. The van der Waals surface area contributed by atoms with Gasteiger partial charge in [0, 0.05) is 15.5 Å². The molecule has 0 aliphatic carbocycles. The van der Waals surface area contributed by atoms with Crippen molar-refractivity contribution in [3.63, 3.8) is 0 Å². The van der Waals surface area contributed by atoms with Gasteiger partial charge in [-0.3, -0.25) is 0 Å². The first-order chi connectivity index (χ1) is 10.0. The average molecular weight is 342 g/mol. The second kappa shape index (κ2) is 5.45. The van der Waals surface area contributed by atoms with Gasteiger partial charge in [-0.2, -0.15) is 0 Å². The fraction of sp³-hybridized carbons (Fsp3) is 0.176. The van der Waals surface area contributed by atoms with Crippen LogP contribution in [0, 0.1) is 20.8 Å². The summed E-state index contributed by atoms with van der Waals surface area (Å²) in [7, 11) is 0. The third kappa shape index (κ3) is 2.76. The van der Waals surface area contributed by atoms with Crippen molar-refractivity contribution < 1.29 is 0 Å². The third-order valence-electron chi connectivity index (χ3n) is 3.69. The molecule has 2 aromatic carbocycles. The largest absolute Gasteiger partial charge is 0.340 e. The van der Waals surface area contributed by atoms with Crippen molar-refractivity contribution in [2.45, 2.75) is 20.8 Å². The molecule has 0 amide bonds. The van der Waals surface area contributed by atoms with E-state index in [1.54, 1.807) is 6.33 Å². The zero-order chi connectivity index (χ0) is 15.0. The van der Waals surface area contributed by atoms with Crippen molar-refractivity contribution in [1.82, 2.24) is 9.97 Å². The van der Waals surface area contributed by atoms with E-state index < -0.39 is 0 Å². The number of nitrogens with zero attached hydrogens (tertiary/aromatic N) is 2. The molecule has 0 unspecified atom stereocenters. The number of aryl methyl sites for hydroxylation is 3. The highest BCUT2D eigenvalue weighted by Crippen LogP contribution is 2.27. The van der Waals surface area contributed by atoms with Crippen LogP contribution in [0.4, 0.5) is 11.5 Å². The lowest BCUT2D eigenvalue weighted by atomic mass is 10.1. The Morgan fingerprint density at radius 1 is 0.905 bits per heavy atom. The lowest BCUT2D eigenvalue weighted by Crippen LogP contribution is -1.97. The van der Waals surface area contributed by atoms with Crippen LogP contribution in [0.3, 0.4) is 0 Å². The fourth-order valence-electron chi connectivity index (χ4n) is 2.22. The lowest BCUT2D eigenvalue weighted by molar-refractivity contribution is 1.21. The summed E-state index contributed by atoms with van der Waals surface area (Å²) in [6, 6.07) is 10.4. The van der Waals surface area contributed by atoms with E-state index in [1.807, 2.05) is 0 Å². The van der Waals surface area contributed by atoms with E-state index in [2.05, 4.69) is 82.3 Å². The van der Waals surface area contributed by atoms with Gasteiger partial charge in [-0.1, -0.05) is 22.0 Å². The summed E-state index contributed by atoms with van der Waals surface area (Å²) < 4.78 is 1.08. The van der Waals surface area contributed by atoms with Crippen LogP contribution in [0.5, 0.6) is 0 Å². The molecule has 106 valence electrons. The highest BCUT2D eigenvalue weighted by Gasteiger charge is 2.07. The molecule has 3 nitrogen and oxygen atoms in total. The van der Waals surface area contributed by atoms with Gasteiger partial charge < -0.3 is 5.32 Å². The molecule has 3 aromatic rings. The van der Waals surface area contributed by atoms with Crippen molar-refractivity contribution in [3.05, 3.63) is 57.8 Å². The maximum Gasteiger partial charge on any atom is 0.141 e. The van der Waals surface area contributed by atoms with Crippen LogP contribution in [0.25, 0.3) is 10.9 Å². The molecule has 0 atom stereocenters. The van der Waals surface area contributed by atoms with Crippen LogP contribution >= 0.6 is 15.9 Å². The van der Waals surface area contributed by atoms with Gasteiger partial charge in [0.2, 0.25) is 0 Å². The van der Waals surface area contributed by atoms with E-state index in [0.29, 0.717) is 0 Å². The molecule has 0 bridgehead atoms. The molecule has 0 aliphatic rings. The molecule has 1 heterocycles. The number of fused-ring (bicyclic) bond motifs is 1. The van der Waals surface area contributed by atoms with E-state index in [0.717, 1.165) is 26.9 Å². The van der Waals surface area contributed by atoms with Crippen molar-refractivity contribution in [2.24, 2.45) is 0 Å². The minimum Gasteiger partial charge on any atom is -0.340 e. The SMILES string of the molecule is Cc1cc2ncnc(Nc3ccc(C)c(Br)c3)c2cc1C. The van der Waals surface area contributed by atoms with Crippen LogP contribution in [0.2, 0.25) is 0 Å². The Hall–Kier alpha value is -1.94. The predicted molar refractivity (Wildman–Crippen MR) is 91.2 cm³/mol. The van der Waals surface area contributed by atoms with Gasteiger partial charge in [0.05, 0.1) is 5.52 Å². The van der Waals surface area contributed by atoms with Crippen LogP contribution < -0.4 is 5.32 Å². The number of benzene rings is 2. The monoisotopic (exact) mass is 341 g/mol. The Balaban J connectivity index is 2.07. The van der Waals surface area contributed by atoms with Crippen LogP contribution in [0.1, 0.15) is 16.7 Å². The Kier molecular flexibility index (Phi) is 3.64. The number of nitrogens with one attached hydrogen (secondary N) is 1. The minimum atomic E-state index is 0.832. The number of halogens is 1. The van der Waals surface area contributed by atoms with Gasteiger partial charge in [-0.05, 0) is 61.7 Å². The molecule has 0 saturated heterocycles. The molecule has 0 aliphatic heterocycles. The first kappa shape index (κ1) is 14.0. The van der Waals surface area contributed by atoms with E-state index in [-0.39, 0.29) is 0 Å². The van der Waals surface area contributed by atoms with Gasteiger partial charge in [0.25, 0.3) is 0 Å². The van der Waals surface area contributed by atoms with Gasteiger partial charge in [0.1, 0.15) is 12.1 Å². The summed E-state index contributed by atoms with van der Waals surface area (Å²) in [4.78, 5) is 8.74. The lowest BCUT2D eigenvalue weighted by Gasteiger charge is -2.11. The van der Waals surface area contributed by atoms with Gasteiger partial charge in [0.15, 0.2) is 0 Å². The smallest absolute Gasteiger partial charge is 0.141 e. The number of anilines is 2. The first-order valence-corrected chi connectivity index (χ1v) is 7.59. The zero-order valence-corrected chi connectivity index (χ0v) is 13.8. The summed E-state index contributed by atoms with van der Waals surface area (Å²) in [5, 5.41) is 4.42. The standard InChI is InChI=1S/C17H16BrN3/c1-10-4-5-13(8-15(10)18)21-17-14-6-11(2)12(3)7-16(14)19-9-20-17/h4-9H,1-3H3,(H,19,20,21). The molecule has 0 radical (unpaired) electrons. The Morgan fingerprint density at radius 3 is 2.43 bits per heavy atom. The van der Waals surface area contributed by atoms with Crippen molar-refractivity contribution in [1.29, 1.82) is 0 Å². The number of hydrogen-bond acceptors (Lipinski definition) is 3. The predicted octanol–water partition coefficient (Wildman–Crippen LogP) is 5.06. The molecule has 21 heavy (non-hydrogen) atoms. The summed E-state index contributed by atoms with van der Waals surface area (Å²) in [6.45, 7) is 6.27. The van der Waals surface area contributed by atoms with Crippen molar-refractivity contribution in [3.8, 4) is 0 Å². The molecular formula is C17H16BrN3. The van der Waals surface area contributed by atoms with Crippen LogP contribution in [-0.2, 0) is 0 Å². The fourth-order valence-corrected chi connectivity index (χ4v) is 2.60. The molecule has 1 N–H and O–H groups in total. The molecule has 0 fully saturated rings. The summed E-state index contributed by atoms with van der Waals surface area (Å²) in [5.74, 6) is 0.832. The van der Waals surface area contributed by atoms with Crippen LogP contribution in [-0.4, -0.2) is 9.97 Å². The average Bonchev–Trinajstić information content (AvgIpc) is 2.45. The van der Waals surface area contributed by atoms with Crippen molar-refractivity contribution >= 4 is 38.3 Å². The van der Waals surface area contributed by atoms with Gasteiger partial charge in [-0.15, -0.1) is 0 Å². The molecular weight excluding hydrogens is 326 g/mol. The Morgan fingerprint density at radius 2 is 1.67 bits per heavy atom. The number of aromatic nitrogens is 2. The van der Waals surface area contributed by atoms with Crippen LogP contribution in [0.15, 0.2) is 41.1 Å². The maximum absolute atomic E-state index is 4.39. The second-order valence-corrected chi connectivity index (χ2v) is 6.12. The summed E-state index contributed by atoms with van der Waals surface area (Å²) >= 11 is 3.56. The van der Waals surface area contributed by atoms with Crippen molar-refractivity contribution in [2.75, 3.05) is 5.32 Å². The van der Waals surface area contributed by atoms with Gasteiger partial charge in [-0.25, -0.2) is 9.97 Å². The quantitative estimate of drug-likeness (QED) is 0.707.